The number of hydrogen-bond acceptors (Lipinski definition) is 6. The minimum atomic E-state index is -0.390. The van der Waals surface area contributed by atoms with Gasteiger partial charge in [0.25, 0.3) is 5.56 Å². The topological polar surface area (TPSA) is 83.5 Å². The van der Waals surface area contributed by atoms with Gasteiger partial charge in [-0.3, -0.25) is 13.9 Å². The Hall–Kier alpha value is -3.07. The van der Waals surface area contributed by atoms with Crippen LogP contribution < -0.4 is 20.9 Å². The molecule has 1 aromatic carbocycles. The zero-order chi connectivity index (χ0) is 19.8. The molecule has 0 saturated heterocycles. The van der Waals surface area contributed by atoms with Gasteiger partial charge in [-0.1, -0.05) is 0 Å². The van der Waals surface area contributed by atoms with Crippen molar-refractivity contribution >= 4 is 22.8 Å². The molecule has 0 fully saturated rings. The maximum atomic E-state index is 13.0. The third kappa shape index (κ3) is 2.78. The first-order valence-corrected chi connectivity index (χ1v) is 9.26. The molecule has 9 nitrogen and oxygen atoms in total. The highest BCUT2D eigenvalue weighted by Crippen LogP contribution is 2.32. The van der Waals surface area contributed by atoms with Crippen LogP contribution in [-0.4, -0.2) is 45.6 Å². The first-order valence-electron chi connectivity index (χ1n) is 9.26. The SMILES string of the molecule is CCOc1ccc(N2CCn3c2nc2c3c(=O)n(CCOC)c(=O)n2C)cc1. The number of ether oxygens (including phenoxy) is 2. The van der Waals surface area contributed by atoms with E-state index >= 15 is 0 Å². The van der Waals surface area contributed by atoms with E-state index in [-0.39, 0.29) is 17.8 Å². The Morgan fingerprint density at radius 1 is 1.14 bits per heavy atom. The average molecular weight is 385 g/mol. The third-order valence-electron chi connectivity index (χ3n) is 4.98. The van der Waals surface area contributed by atoms with Crippen molar-refractivity contribution in [1.29, 1.82) is 0 Å². The van der Waals surface area contributed by atoms with Gasteiger partial charge in [0, 0.05) is 32.9 Å². The predicted octanol–water partition coefficient (Wildman–Crippen LogP) is 1.09. The van der Waals surface area contributed by atoms with Crippen molar-refractivity contribution < 1.29 is 9.47 Å². The highest BCUT2D eigenvalue weighted by Gasteiger charge is 2.28. The summed E-state index contributed by atoms with van der Waals surface area (Å²) in [4.78, 5) is 32.2. The molecule has 0 N–H and O–H groups in total. The molecular weight excluding hydrogens is 362 g/mol. The molecule has 0 bridgehead atoms. The van der Waals surface area contributed by atoms with Crippen LogP contribution in [0.15, 0.2) is 33.9 Å². The molecule has 28 heavy (non-hydrogen) atoms. The number of hydrogen-bond donors (Lipinski definition) is 0. The van der Waals surface area contributed by atoms with Crippen LogP contribution in [0.5, 0.6) is 5.75 Å². The Labute approximate surface area is 161 Å². The molecular formula is C19H23N5O4. The molecule has 3 aromatic rings. The Morgan fingerprint density at radius 3 is 2.57 bits per heavy atom. The number of methoxy groups -OCH3 is 1. The van der Waals surface area contributed by atoms with Gasteiger partial charge in [0.1, 0.15) is 5.75 Å². The Balaban J connectivity index is 1.82. The molecule has 3 heterocycles. The minimum absolute atomic E-state index is 0.209. The molecule has 1 aliphatic rings. The summed E-state index contributed by atoms with van der Waals surface area (Å²) in [7, 11) is 3.18. The lowest BCUT2D eigenvalue weighted by atomic mass is 10.3. The Morgan fingerprint density at radius 2 is 1.89 bits per heavy atom. The van der Waals surface area contributed by atoms with Crippen LogP contribution in [-0.2, 0) is 24.9 Å². The van der Waals surface area contributed by atoms with Crippen LogP contribution in [0.3, 0.4) is 0 Å². The monoisotopic (exact) mass is 385 g/mol. The molecule has 0 atom stereocenters. The first-order chi connectivity index (χ1) is 13.6. The molecule has 4 rings (SSSR count). The molecule has 0 spiro atoms. The maximum Gasteiger partial charge on any atom is 0.332 e. The summed E-state index contributed by atoms with van der Waals surface area (Å²) in [6.45, 7) is 4.38. The van der Waals surface area contributed by atoms with Crippen molar-refractivity contribution in [3.63, 3.8) is 0 Å². The highest BCUT2D eigenvalue weighted by molar-refractivity contribution is 5.77. The van der Waals surface area contributed by atoms with E-state index in [0.717, 1.165) is 11.4 Å². The quantitative estimate of drug-likeness (QED) is 0.632. The molecule has 1 aliphatic heterocycles. The van der Waals surface area contributed by atoms with Gasteiger partial charge < -0.3 is 18.9 Å². The second-order valence-electron chi connectivity index (χ2n) is 6.61. The molecule has 0 saturated carbocycles. The van der Waals surface area contributed by atoms with E-state index in [1.165, 1.54) is 9.13 Å². The van der Waals surface area contributed by atoms with Gasteiger partial charge >= 0.3 is 5.69 Å². The van der Waals surface area contributed by atoms with Gasteiger partial charge in [-0.25, -0.2) is 4.79 Å². The van der Waals surface area contributed by atoms with Gasteiger partial charge in [-0.05, 0) is 31.2 Å². The number of imidazole rings is 1. The molecule has 148 valence electrons. The number of anilines is 2. The van der Waals surface area contributed by atoms with Crippen LogP contribution in [0.4, 0.5) is 11.6 Å². The molecule has 0 unspecified atom stereocenters. The number of rotatable bonds is 6. The standard InChI is InChI=1S/C19H23N5O4/c1-4-28-14-7-5-13(6-8-14)22-9-10-23-15-16(20-18(22)23)21(2)19(26)24(17(15)25)11-12-27-3/h5-8H,4,9-12H2,1-3H3. The van der Waals surface area contributed by atoms with Crippen LogP contribution in [0.1, 0.15) is 6.92 Å². The Kier molecular flexibility index (Phi) is 4.68. The second kappa shape index (κ2) is 7.16. The number of aromatic nitrogens is 4. The average Bonchev–Trinajstić information content (AvgIpc) is 3.27. The first kappa shape index (κ1) is 18.3. The summed E-state index contributed by atoms with van der Waals surface area (Å²) in [6, 6.07) is 7.76. The number of nitrogens with zero attached hydrogens (tertiary/aromatic N) is 5. The minimum Gasteiger partial charge on any atom is -0.494 e. The number of fused-ring (bicyclic) bond motifs is 3. The normalized spacial score (nSPS) is 13.3. The zero-order valence-corrected chi connectivity index (χ0v) is 16.2. The fourth-order valence-corrected chi connectivity index (χ4v) is 3.59. The lowest BCUT2D eigenvalue weighted by Crippen LogP contribution is -2.40. The van der Waals surface area contributed by atoms with Crippen molar-refractivity contribution in [2.75, 3.05) is 31.8 Å². The van der Waals surface area contributed by atoms with Gasteiger partial charge in [-0.15, -0.1) is 0 Å². The van der Waals surface area contributed by atoms with Crippen molar-refractivity contribution in [3.05, 3.63) is 45.1 Å². The molecule has 9 heteroatoms. The van der Waals surface area contributed by atoms with Crippen molar-refractivity contribution in [2.24, 2.45) is 7.05 Å². The van der Waals surface area contributed by atoms with E-state index in [1.807, 2.05) is 40.7 Å². The molecule has 0 radical (unpaired) electrons. The van der Waals surface area contributed by atoms with Gasteiger partial charge in [0.05, 0.1) is 19.8 Å². The fourth-order valence-electron chi connectivity index (χ4n) is 3.59. The van der Waals surface area contributed by atoms with Crippen molar-refractivity contribution in [2.45, 2.75) is 20.0 Å². The van der Waals surface area contributed by atoms with Gasteiger partial charge in [0.15, 0.2) is 11.2 Å². The lowest BCUT2D eigenvalue weighted by molar-refractivity contribution is 0.184. The number of benzene rings is 1. The summed E-state index contributed by atoms with van der Waals surface area (Å²) < 4.78 is 15.1. The van der Waals surface area contributed by atoms with Crippen LogP contribution >= 0.6 is 0 Å². The fraction of sp³-hybridized carbons (Fsp3) is 0.421. The van der Waals surface area contributed by atoms with Gasteiger partial charge in [-0.2, -0.15) is 4.98 Å². The zero-order valence-electron chi connectivity index (χ0n) is 16.2. The smallest absolute Gasteiger partial charge is 0.332 e. The summed E-state index contributed by atoms with van der Waals surface area (Å²) in [5.74, 6) is 1.47. The van der Waals surface area contributed by atoms with E-state index in [2.05, 4.69) is 4.98 Å². The molecule has 0 amide bonds. The van der Waals surface area contributed by atoms with E-state index in [1.54, 1.807) is 14.2 Å². The molecule has 2 aromatic heterocycles. The highest BCUT2D eigenvalue weighted by atomic mass is 16.5. The Bertz CT molecular complexity index is 1130. The van der Waals surface area contributed by atoms with Crippen LogP contribution in [0, 0.1) is 0 Å². The lowest BCUT2D eigenvalue weighted by Gasteiger charge is -2.16. The summed E-state index contributed by atoms with van der Waals surface area (Å²) in [5, 5.41) is 0. The summed E-state index contributed by atoms with van der Waals surface area (Å²) in [5.41, 5.74) is 1.08. The number of aryl methyl sites for hydroxylation is 1. The van der Waals surface area contributed by atoms with Crippen LogP contribution in [0.25, 0.3) is 11.2 Å². The van der Waals surface area contributed by atoms with Crippen molar-refractivity contribution in [1.82, 2.24) is 18.7 Å². The second-order valence-corrected chi connectivity index (χ2v) is 6.61. The van der Waals surface area contributed by atoms with Crippen molar-refractivity contribution in [3.8, 4) is 5.75 Å². The third-order valence-corrected chi connectivity index (χ3v) is 4.98. The van der Waals surface area contributed by atoms with E-state index < -0.39 is 0 Å². The van der Waals surface area contributed by atoms with E-state index in [0.29, 0.717) is 43.4 Å². The summed E-state index contributed by atoms with van der Waals surface area (Å²) >= 11 is 0. The largest absolute Gasteiger partial charge is 0.494 e. The maximum absolute atomic E-state index is 13.0. The predicted molar refractivity (Wildman–Crippen MR) is 106 cm³/mol. The van der Waals surface area contributed by atoms with E-state index in [4.69, 9.17) is 9.47 Å². The van der Waals surface area contributed by atoms with Gasteiger partial charge in [0.2, 0.25) is 5.95 Å². The van der Waals surface area contributed by atoms with E-state index in [9.17, 15) is 9.59 Å². The summed E-state index contributed by atoms with van der Waals surface area (Å²) in [6.07, 6.45) is 0. The van der Waals surface area contributed by atoms with Crippen LogP contribution in [0.2, 0.25) is 0 Å². The molecule has 0 aliphatic carbocycles.